The summed E-state index contributed by atoms with van der Waals surface area (Å²) in [4.78, 5) is 26.3. The van der Waals surface area contributed by atoms with Crippen LogP contribution in [-0.2, 0) is 16.1 Å². The van der Waals surface area contributed by atoms with Gasteiger partial charge in [0.2, 0.25) is 5.91 Å². The second-order valence-corrected chi connectivity index (χ2v) is 8.59. The monoisotopic (exact) mass is 374 g/mol. The molecule has 4 rings (SSSR count). The summed E-state index contributed by atoms with van der Waals surface area (Å²) in [5, 5.41) is 20.1. The maximum Gasteiger partial charge on any atom is 0.307 e. The van der Waals surface area contributed by atoms with Gasteiger partial charge in [0.15, 0.2) is 0 Å². The highest BCUT2D eigenvalue weighted by atomic mass is 16.4. The van der Waals surface area contributed by atoms with Crippen molar-refractivity contribution in [3.63, 3.8) is 0 Å². The number of H-pyrrole nitrogens is 1. The van der Waals surface area contributed by atoms with Gasteiger partial charge in [-0.25, -0.2) is 0 Å². The van der Waals surface area contributed by atoms with E-state index in [9.17, 15) is 14.7 Å². The van der Waals surface area contributed by atoms with E-state index in [0.29, 0.717) is 38.0 Å². The van der Waals surface area contributed by atoms with Crippen LogP contribution in [0.15, 0.2) is 6.20 Å². The molecular weight excluding hydrogens is 344 g/mol. The summed E-state index contributed by atoms with van der Waals surface area (Å²) < 4.78 is 0. The third-order valence-electron chi connectivity index (χ3n) is 6.33. The van der Waals surface area contributed by atoms with E-state index in [-0.39, 0.29) is 11.8 Å². The molecule has 2 heterocycles. The van der Waals surface area contributed by atoms with Crippen LogP contribution in [0.2, 0.25) is 0 Å². The standard InChI is InChI=1S/C20H30N4O3/c25-19(22-17-6-7-17)14-8-15(20(26)27)11-24(10-14)12-16-9-21-23-18(16)13-4-2-1-3-5-13/h9,13-15,17H,1-8,10-12H2,(H,21,23)(H,22,25)(H,26,27)/t14-,15+/m1/s1. The first-order valence-corrected chi connectivity index (χ1v) is 10.4. The van der Waals surface area contributed by atoms with Gasteiger partial charge in [0.1, 0.15) is 0 Å². The number of piperidine rings is 1. The molecule has 1 saturated heterocycles. The topological polar surface area (TPSA) is 98.3 Å². The van der Waals surface area contributed by atoms with Gasteiger partial charge in [-0.05, 0) is 32.1 Å². The van der Waals surface area contributed by atoms with E-state index in [0.717, 1.165) is 18.4 Å². The molecule has 3 aliphatic rings. The fourth-order valence-corrected chi connectivity index (χ4v) is 4.67. The molecule has 2 aliphatic carbocycles. The van der Waals surface area contributed by atoms with Crippen LogP contribution in [0, 0.1) is 11.8 Å². The highest BCUT2D eigenvalue weighted by Gasteiger charge is 2.37. The first kappa shape index (κ1) is 18.5. The van der Waals surface area contributed by atoms with E-state index in [2.05, 4.69) is 20.4 Å². The van der Waals surface area contributed by atoms with E-state index >= 15 is 0 Å². The minimum absolute atomic E-state index is 0.0214. The van der Waals surface area contributed by atoms with E-state index < -0.39 is 11.9 Å². The lowest BCUT2D eigenvalue weighted by molar-refractivity contribution is -0.145. The molecule has 0 radical (unpaired) electrons. The molecular formula is C20H30N4O3. The molecule has 2 atom stereocenters. The second-order valence-electron chi connectivity index (χ2n) is 8.59. The Hall–Kier alpha value is -1.89. The van der Waals surface area contributed by atoms with E-state index in [1.165, 1.54) is 37.8 Å². The lowest BCUT2D eigenvalue weighted by atomic mass is 9.85. The normalized spacial score (nSPS) is 27.4. The number of carboxylic acids is 1. The molecule has 7 nitrogen and oxygen atoms in total. The molecule has 27 heavy (non-hydrogen) atoms. The summed E-state index contributed by atoms with van der Waals surface area (Å²) in [5.41, 5.74) is 2.38. The zero-order valence-electron chi connectivity index (χ0n) is 15.8. The molecule has 0 aromatic carbocycles. The van der Waals surface area contributed by atoms with Gasteiger partial charge < -0.3 is 10.4 Å². The molecule has 0 bridgehead atoms. The predicted molar refractivity (Wildman–Crippen MR) is 100 cm³/mol. The van der Waals surface area contributed by atoms with Crippen LogP contribution in [0.1, 0.15) is 68.5 Å². The highest BCUT2D eigenvalue weighted by Crippen LogP contribution is 2.34. The van der Waals surface area contributed by atoms with Crippen molar-refractivity contribution in [3.8, 4) is 0 Å². The van der Waals surface area contributed by atoms with Gasteiger partial charge in [0.05, 0.1) is 18.0 Å². The van der Waals surface area contributed by atoms with Gasteiger partial charge in [-0.2, -0.15) is 5.10 Å². The maximum absolute atomic E-state index is 12.5. The van der Waals surface area contributed by atoms with Crippen molar-refractivity contribution in [2.75, 3.05) is 13.1 Å². The largest absolute Gasteiger partial charge is 0.481 e. The number of rotatable bonds is 6. The van der Waals surface area contributed by atoms with Crippen LogP contribution < -0.4 is 5.32 Å². The highest BCUT2D eigenvalue weighted by molar-refractivity contribution is 5.81. The fraction of sp³-hybridized carbons (Fsp3) is 0.750. The Bertz CT molecular complexity index is 679. The maximum atomic E-state index is 12.5. The van der Waals surface area contributed by atoms with Gasteiger partial charge in [-0.1, -0.05) is 19.3 Å². The molecule has 2 saturated carbocycles. The van der Waals surface area contributed by atoms with Crippen LogP contribution in [0.3, 0.4) is 0 Å². The molecule has 3 fully saturated rings. The number of nitrogens with one attached hydrogen (secondary N) is 2. The molecule has 7 heteroatoms. The third-order valence-corrected chi connectivity index (χ3v) is 6.33. The van der Waals surface area contributed by atoms with Gasteiger partial charge in [-0.15, -0.1) is 0 Å². The molecule has 1 aromatic heterocycles. The summed E-state index contributed by atoms with van der Waals surface area (Å²) >= 11 is 0. The van der Waals surface area contributed by atoms with E-state index in [1.54, 1.807) is 0 Å². The lowest BCUT2D eigenvalue weighted by Gasteiger charge is -2.35. The number of carbonyl (C=O) groups excluding carboxylic acids is 1. The first-order chi connectivity index (χ1) is 13.1. The van der Waals surface area contributed by atoms with Crippen molar-refractivity contribution in [2.24, 2.45) is 11.8 Å². The first-order valence-electron chi connectivity index (χ1n) is 10.4. The minimum atomic E-state index is -0.802. The van der Waals surface area contributed by atoms with Crippen LogP contribution in [0.5, 0.6) is 0 Å². The summed E-state index contributed by atoms with van der Waals surface area (Å²) in [6.07, 6.45) is 10.6. The fourth-order valence-electron chi connectivity index (χ4n) is 4.67. The Balaban J connectivity index is 1.44. The second kappa shape index (κ2) is 8.00. The van der Waals surface area contributed by atoms with Crippen LogP contribution in [-0.4, -0.2) is 51.2 Å². The lowest BCUT2D eigenvalue weighted by Crippen LogP contribution is -2.48. The summed E-state index contributed by atoms with van der Waals surface area (Å²) in [6, 6.07) is 0.308. The SMILES string of the molecule is O=C(O)[C@H]1C[C@@H](C(=O)NC2CC2)CN(Cc2cn[nH]c2C2CCCCC2)C1. The van der Waals surface area contributed by atoms with E-state index in [1.807, 2.05) is 6.20 Å². The van der Waals surface area contributed by atoms with Crippen LogP contribution in [0.4, 0.5) is 0 Å². The zero-order chi connectivity index (χ0) is 18.8. The van der Waals surface area contributed by atoms with Crippen molar-refractivity contribution in [2.45, 2.75) is 69.9 Å². The molecule has 3 N–H and O–H groups in total. The number of hydrogen-bond acceptors (Lipinski definition) is 4. The van der Waals surface area contributed by atoms with Crippen molar-refractivity contribution in [3.05, 3.63) is 17.5 Å². The molecule has 1 amide bonds. The van der Waals surface area contributed by atoms with Crippen molar-refractivity contribution >= 4 is 11.9 Å². The molecule has 0 unspecified atom stereocenters. The van der Waals surface area contributed by atoms with Crippen LogP contribution >= 0.6 is 0 Å². The number of nitrogens with zero attached hydrogens (tertiary/aromatic N) is 2. The number of aliphatic carboxylic acids is 1. The predicted octanol–water partition coefficient (Wildman–Crippen LogP) is 2.26. The Kier molecular flexibility index (Phi) is 5.48. The van der Waals surface area contributed by atoms with Gasteiger partial charge in [0, 0.05) is 42.9 Å². The summed E-state index contributed by atoms with van der Waals surface area (Å²) in [5.74, 6) is -0.980. The number of carboxylic acid groups (broad SMARTS) is 1. The Morgan fingerprint density at radius 1 is 1.15 bits per heavy atom. The van der Waals surface area contributed by atoms with Gasteiger partial charge >= 0.3 is 5.97 Å². The zero-order valence-corrected chi connectivity index (χ0v) is 15.8. The number of aromatic nitrogens is 2. The van der Waals surface area contributed by atoms with Gasteiger partial charge in [0.25, 0.3) is 0 Å². The quantitative estimate of drug-likeness (QED) is 0.709. The number of likely N-dealkylation sites (tertiary alicyclic amines) is 1. The molecule has 1 aliphatic heterocycles. The Morgan fingerprint density at radius 3 is 2.59 bits per heavy atom. The van der Waals surface area contributed by atoms with E-state index in [4.69, 9.17) is 0 Å². The molecule has 1 aromatic rings. The summed E-state index contributed by atoms with van der Waals surface area (Å²) in [7, 11) is 0. The van der Waals surface area contributed by atoms with Gasteiger partial charge in [-0.3, -0.25) is 19.6 Å². The van der Waals surface area contributed by atoms with Crippen molar-refractivity contribution in [1.29, 1.82) is 0 Å². The van der Waals surface area contributed by atoms with Crippen molar-refractivity contribution in [1.82, 2.24) is 20.4 Å². The Labute approximate surface area is 159 Å². The van der Waals surface area contributed by atoms with Crippen LogP contribution in [0.25, 0.3) is 0 Å². The summed E-state index contributed by atoms with van der Waals surface area (Å²) in [6.45, 7) is 1.79. The number of aromatic amines is 1. The third kappa shape index (κ3) is 4.51. The number of amides is 1. The number of carbonyl (C=O) groups is 2. The number of hydrogen-bond donors (Lipinski definition) is 3. The molecule has 148 valence electrons. The average molecular weight is 374 g/mol. The minimum Gasteiger partial charge on any atom is -0.481 e. The average Bonchev–Trinajstić information content (AvgIpc) is 3.37. The Morgan fingerprint density at radius 2 is 1.89 bits per heavy atom. The molecule has 0 spiro atoms. The smallest absolute Gasteiger partial charge is 0.307 e. The van der Waals surface area contributed by atoms with Crippen molar-refractivity contribution < 1.29 is 14.7 Å².